The topological polar surface area (TPSA) is 86.2 Å². The van der Waals surface area contributed by atoms with Crippen LogP contribution in [0.25, 0.3) is 0 Å². The summed E-state index contributed by atoms with van der Waals surface area (Å²) in [6, 6.07) is 0.0473. The molecule has 2 heterocycles. The Morgan fingerprint density at radius 3 is 2.77 bits per heavy atom. The van der Waals surface area contributed by atoms with Gasteiger partial charge in [-0.3, -0.25) is 4.99 Å². The van der Waals surface area contributed by atoms with Crippen molar-refractivity contribution in [3.63, 3.8) is 0 Å². The molecule has 2 aliphatic rings. The molecule has 0 bridgehead atoms. The number of hydrazine groups is 1. The predicted molar refractivity (Wildman–Crippen MR) is 47.1 cm³/mol. The molecule has 0 unspecified atom stereocenters. The minimum absolute atomic E-state index is 0. The second-order valence-electron chi connectivity index (χ2n) is 2.96. The lowest BCUT2D eigenvalue weighted by Gasteiger charge is -1.96. The number of hydrogen-bond acceptors (Lipinski definition) is 5. The fourth-order valence-electron chi connectivity index (χ4n) is 1.50. The molecule has 8 heteroatoms. The number of nitrogens with two attached hydrogens (primary N) is 1. The Balaban J connectivity index is 0.000000845. The minimum atomic E-state index is -2.80. The first kappa shape index (κ1) is 11.3. The Morgan fingerprint density at radius 1 is 1.54 bits per heavy atom. The molecule has 4 N–H and O–H groups in total. The van der Waals surface area contributed by atoms with E-state index < -0.39 is 9.84 Å². The van der Waals surface area contributed by atoms with E-state index in [2.05, 4.69) is 10.4 Å². The van der Waals surface area contributed by atoms with Crippen LogP contribution in [-0.2, 0) is 9.84 Å². The predicted octanol–water partition coefficient (Wildman–Crippen LogP) is -6.20. The van der Waals surface area contributed by atoms with Crippen LogP contribution >= 0.6 is 11.8 Å². The van der Waals surface area contributed by atoms with Gasteiger partial charge in [-0.15, -0.1) is 0 Å². The van der Waals surface area contributed by atoms with Gasteiger partial charge < -0.3 is 17.0 Å². The number of sulfone groups is 1. The Kier molecular flexibility index (Phi) is 3.26. The SMILES string of the molecule is NNC1=[NH+][C@H]2CS(=O)(=O)C[C@H]2S1.[Br-]. The molecule has 0 aromatic heterocycles. The lowest BCUT2D eigenvalue weighted by Crippen LogP contribution is -3.00. The van der Waals surface area contributed by atoms with Crippen molar-refractivity contribution in [1.82, 2.24) is 5.43 Å². The van der Waals surface area contributed by atoms with Crippen molar-refractivity contribution < 1.29 is 30.4 Å². The molecule has 2 aliphatic heterocycles. The van der Waals surface area contributed by atoms with Crippen LogP contribution in [0.3, 0.4) is 0 Å². The van der Waals surface area contributed by atoms with Gasteiger partial charge in [-0.1, -0.05) is 0 Å². The van der Waals surface area contributed by atoms with Crippen LogP contribution in [-0.4, -0.2) is 36.4 Å². The highest BCUT2D eigenvalue weighted by atomic mass is 79.9. The monoisotopic (exact) mass is 287 g/mol. The standard InChI is InChI=1S/C5H9N3O2S2.BrH/c6-8-5-7-3-1-12(9,10)2-4(3)11-5;/h3-4H,1-2,6H2,(H,7,8);1H/t3-,4+;/m0./s1. The zero-order valence-electron chi connectivity index (χ0n) is 6.66. The molecule has 0 aromatic carbocycles. The minimum Gasteiger partial charge on any atom is -1.00 e. The molecule has 0 spiro atoms. The maximum atomic E-state index is 11.1. The number of hydrogen-bond donors (Lipinski definition) is 3. The van der Waals surface area contributed by atoms with E-state index in [0.717, 1.165) is 5.17 Å². The average Bonchev–Trinajstić information content (AvgIpc) is 2.40. The molecule has 1 saturated heterocycles. The van der Waals surface area contributed by atoms with Crippen LogP contribution in [0.4, 0.5) is 0 Å². The summed E-state index contributed by atoms with van der Waals surface area (Å²) in [6.45, 7) is 0. The molecule has 76 valence electrons. The molecule has 0 aromatic rings. The lowest BCUT2D eigenvalue weighted by molar-refractivity contribution is -0.489. The third-order valence-electron chi connectivity index (χ3n) is 2.02. The number of thioether (sulfide) groups is 1. The zero-order chi connectivity index (χ0) is 8.77. The Hall–Kier alpha value is 0.210. The largest absolute Gasteiger partial charge is 1.00 e. The van der Waals surface area contributed by atoms with E-state index in [1.165, 1.54) is 11.8 Å². The van der Waals surface area contributed by atoms with Crippen molar-refractivity contribution in [2.45, 2.75) is 11.3 Å². The van der Waals surface area contributed by atoms with Gasteiger partial charge in [0.25, 0.3) is 0 Å². The molecule has 0 amide bonds. The average molecular weight is 288 g/mol. The van der Waals surface area contributed by atoms with Crippen LogP contribution in [0.1, 0.15) is 0 Å². The van der Waals surface area contributed by atoms with Crippen LogP contribution < -0.4 is 33.2 Å². The van der Waals surface area contributed by atoms with Crippen molar-refractivity contribution in [3.05, 3.63) is 0 Å². The second-order valence-corrected chi connectivity index (χ2v) is 6.36. The molecule has 13 heavy (non-hydrogen) atoms. The van der Waals surface area contributed by atoms with E-state index in [1.54, 1.807) is 0 Å². The van der Waals surface area contributed by atoms with Crippen molar-refractivity contribution in [1.29, 1.82) is 0 Å². The lowest BCUT2D eigenvalue weighted by atomic mass is 10.3. The van der Waals surface area contributed by atoms with Gasteiger partial charge >= 0.3 is 5.17 Å². The summed E-state index contributed by atoms with van der Waals surface area (Å²) in [5.41, 5.74) is 2.49. The normalized spacial score (nSPS) is 34.7. The van der Waals surface area contributed by atoms with Crippen molar-refractivity contribution >= 4 is 26.8 Å². The van der Waals surface area contributed by atoms with Gasteiger partial charge in [-0.25, -0.2) is 8.42 Å². The first-order valence-corrected chi connectivity index (χ1v) is 6.28. The summed E-state index contributed by atoms with van der Waals surface area (Å²) >= 11 is 1.47. The van der Waals surface area contributed by atoms with Gasteiger partial charge in [0.2, 0.25) is 0 Å². The van der Waals surface area contributed by atoms with E-state index in [1.807, 2.05) is 0 Å². The summed E-state index contributed by atoms with van der Waals surface area (Å²) in [5, 5.41) is 0.918. The second kappa shape index (κ2) is 3.76. The summed E-state index contributed by atoms with van der Waals surface area (Å²) in [6.07, 6.45) is 0. The number of nitrogens with one attached hydrogen (secondary N) is 2. The fourth-order valence-corrected chi connectivity index (χ4v) is 5.16. The summed E-state index contributed by atoms with van der Waals surface area (Å²) in [4.78, 5) is 3.02. The van der Waals surface area contributed by atoms with Crippen LogP contribution in [0, 0.1) is 0 Å². The Bertz CT molecular complexity index is 329. The third-order valence-corrected chi connectivity index (χ3v) is 5.23. The van der Waals surface area contributed by atoms with E-state index in [-0.39, 0.29) is 39.8 Å². The highest BCUT2D eigenvalue weighted by molar-refractivity contribution is 8.15. The maximum absolute atomic E-state index is 11.1. The molecule has 0 saturated carbocycles. The molecule has 5 nitrogen and oxygen atoms in total. The van der Waals surface area contributed by atoms with Crippen molar-refractivity contribution in [2.75, 3.05) is 11.5 Å². The quantitative estimate of drug-likeness (QED) is 0.305. The number of rotatable bonds is 0. The first-order chi connectivity index (χ1) is 5.61. The van der Waals surface area contributed by atoms with Gasteiger partial charge in [0, 0.05) is 0 Å². The summed E-state index contributed by atoms with van der Waals surface area (Å²) < 4.78 is 22.2. The number of halogens is 1. The zero-order valence-corrected chi connectivity index (χ0v) is 9.88. The van der Waals surface area contributed by atoms with Crippen LogP contribution in [0.5, 0.6) is 0 Å². The maximum Gasteiger partial charge on any atom is 0.322 e. The van der Waals surface area contributed by atoms with E-state index in [4.69, 9.17) is 5.84 Å². The molecule has 2 atom stereocenters. The van der Waals surface area contributed by atoms with Crippen molar-refractivity contribution in [2.24, 2.45) is 5.84 Å². The van der Waals surface area contributed by atoms with E-state index in [0.29, 0.717) is 0 Å². The van der Waals surface area contributed by atoms with E-state index >= 15 is 0 Å². The summed E-state index contributed by atoms with van der Waals surface area (Å²) in [5.74, 6) is 5.68. The fraction of sp³-hybridized carbons (Fsp3) is 0.800. The molecular weight excluding hydrogens is 278 g/mol. The Labute approximate surface area is 91.2 Å². The van der Waals surface area contributed by atoms with Gasteiger partial charge in [0.05, 0.1) is 16.8 Å². The molecular formula is C5H10BrN3O2S2. The van der Waals surface area contributed by atoms with Gasteiger partial charge in [-0.05, 0) is 11.8 Å². The number of amidine groups is 1. The highest BCUT2D eigenvalue weighted by Gasteiger charge is 2.45. The summed E-state index contributed by atoms with van der Waals surface area (Å²) in [7, 11) is -2.80. The molecule has 0 aliphatic carbocycles. The van der Waals surface area contributed by atoms with Crippen LogP contribution in [0.2, 0.25) is 0 Å². The highest BCUT2D eigenvalue weighted by Crippen LogP contribution is 2.24. The molecule has 2 rings (SSSR count). The van der Waals surface area contributed by atoms with E-state index in [9.17, 15) is 8.42 Å². The van der Waals surface area contributed by atoms with Crippen molar-refractivity contribution in [3.8, 4) is 0 Å². The smallest absolute Gasteiger partial charge is 0.322 e. The van der Waals surface area contributed by atoms with Gasteiger partial charge in [0.15, 0.2) is 9.84 Å². The molecule has 0 radical (unpaired) electrons. The van der Waals surface area contributed by atoms with Gasteiger partial charge in [-0.2, -0.15) is 11.3 Å². The first-order valence-electron chi connectivity index (χ1n) is 3.58. The third kappa shape index (κ3) is 2.17. The molecule has 1 fully saturated rings. The number of fused-ring (bicyclic) bond motifs is 1. The van der Waals surface area contributed by atoms with Crippen LogP contribution in [0.15, 0.2) is 0 Å². The Morgan fingerprint density at radius 2 is 2.23 bits per heavy atom. The van der Waals surface area contributed by atoms with Gasteiger partial charge in [0.1, 0.15) is 6.04 Å².